The van der Waals surface area contributed by atoms with E-state index in [2.05, 4.69) is 41.5 Å². The van der Waals surface area contributed by atoms with Crippen molar-refractivity contribution < 1.29 is 4.39 Å². The molecule has 88 valence electrons. The summed E-state index contributed by atoms with van der Waals surface area (Å²) >= 11 is 2.12. The molecule has 0 saturated carbocycles. The normalized spacial score (nSPS) is 12.5. The van der Waals surface area contributed by atoms with E-state index in [1.54, 1.807) is 6.07 Å². The van der Waals surface area contributed by atoms with Crippen LogP contribution in [0.1, 0.15) is 31.4 Å². The summed E-state index contributed by atoms with van der Waals surface area (Å²) < 4.78 is 13.8. The van der Waals surface area contributed by atoms with Crippen LogP contribution in [0.25, 0.3) is 0 Å². The van der Waals surface area contributed by atoms with Crippen molar-refractivity contribution in [3.63, 3.8) is 0 Å². The summed E-state index contributed by atoms with van der Waals surface area (Å²) in [6, 6.07) is 4.73. The van der Waals surface area contributed by atoms with E-state index in [-0.39, 0.29) is 11.9 Å². The van der Waals surface area contributed by atoms with Crippen LogP contribution in [0.2, 0.25) is 0 Å². The molecule has 0 spiro atoms. The molecule has 4 heteroatoms. The number of halogens is 2. The number of nitrogens with two attached hydrogens (primary N) is 1. The Morgan fingerprint density at radius 3 is 2.81 bits per heavy atom. The van der Waals surface area contributed by atoms with Gasteiger partial charge in [0.2, 0.25) is 0 Å². The van der Waals surface area contributed by atoms with Crippen molar-refractivity contribution in [3.8, 4) is 0 Å². The number of hydrazine groups is 1. The van der Waals surface area contributed by atoms with E-state index in [0.717, 1.165) is 27.5 Å². The van der Waals surface area contributed by atoms with E-state index in [4.69, 9.17) is 5.84 Å². The third-order valence-electron chi connectivity index (χ3n) is 2.53. The zero-order valence-corrected chi connectivity index (χ0v) is 11.4. The number of benzene rings is 1. The third kappa shape index (κ3) is 3.54. The molecule has 1 atom stereocenters. The minimum absolute atomic E-state index is 0.0000463. The minimum Gasteiger partial charge on any atom is -0.271 e. The zero-order valence-electron chi connectivity index (χ0n) is 9.26. The first-order valence-electron chi connectivity index (χ1n) is 5.16. The Labute approximate surface area is 109 Å². The van der Waals surface area contributed by atoms with Crippen molar-refractivity contribution in [1.29, 1.82) is 0 Å². The Hall–Kier alpha value is -0.460. The first-order chi connectivity index (χ1) is 7.58. The molecule has 2 nitrogen and oxygen atoms in total. The maximum Gasteiger partial charge on any atom is 0.124 e. The lowest BCUT2D eigenvalue weighted by Crippen LogP contribution is -2.28. The molecule has 0 aliphatic rings. The highest BCUT2D eigenvalue weighted by molar-refractivity contribution is 14.1. The van der Waals surface area contributed by atoms with Gasteiger partial charge in [-0.15, -0.1) is 0 Å². The van der Waals surface area contributed by atoms with E-state index in [1.807, 2.05) is 0 Å². The summed E-state index contributed by atoms with van der Waals surface area (Å²) in [7, 11) is 0. The molecule has 1 aromatic rings. The fourth-order valence-corrected chi connectivity index (χ4v) is 2.33. The van der Waals surface area contributed by atoms with E-state index in [1.165, 1.54) is 12.1 Å². The van der Waals surface area contributed by atoms with Gasteiger partial charge in [-0.2, -0.15) is 0 Å². The monoisotopic (exact) mass is 334 g/mol. The van der Waals surface area contributed by atoms with Gasteiger partial charge >= 0.3 is 0 Å². The number of rotatable bonds is 5. The third-order valence-corrected chi connectivity index (χ3v) is 3.47. The topological polar surface area (TPSA) is 38.0 Å². The van der Waals surface area contributed by atoms with Gasteiger partial charge in [-0.25, -0.2) is 4.39 Å². The molecule has 1 rings (SSSR count). The van der Waals surface area contributed by atoms with E-state index < -0.39 is 0 Å². The zero-order chi connectivity index (χ0) is 12.1. The van der Waals surface area contributed by atoms with E-state index >= 15 is 0 Å². The van der Waals surface area contributed by atoms with Gasteiger partial charge in [-0.1, -0.05) is 25.1 Å². The Balaban J connectivity index is 2.90. The lowest BCUT2D eigenvalue weighted by atomic mass is 9.99. The Morgan fingerprint density at radius 1 is 1.62 bits per heavy atom. The van der Waals surface area contributed by atoms with E-state index in [9.17, 15) is 4.39 Å². The SMILES string of the molecule is C=C(CC)CC(NN)c1ccc(F)cc1I. The molecule has 0 fully saturated rings. The van der Waals surface area contributed by atoms with Gasteiger partial charge in [0.05, 0.1) is 6.04 Å². The molecule has 16 heavy (non-hydrogen) atoms. The molecular formula is C12H16FIN2. The van der Waals surface area contributed by atoms with Crippen LogP contribution < -0.4 is 11.3 Å². The standard InChI is InChI=1S/C12H16FIN2/c1-3-8(2)6-12(16-15)10-5-4-9(13)7-11(10)14/h4-5,7,12,16H,2-3,6,15H2,1H3. The van der Waals surface area contributed by atoms with Crippen LogP contribution in [0.5, 0.6) is 0 Å². The van der Waals surface area contributed by atoms with Gasteiger partial charge in [-0.3, -0.25) is 11.3 Å². The summed E-state index contributed by atoms with van der Waals surface area (Å²) in [5.41, 5.74) is 4.90. The summed E-state index contributed by atoms with van der Waals surface area (Å²) in [6.07, 6.45) is 1.70. The van der Waals surface area contributed by atoms with Crippen molar-refractivity contribution in [2.45, 2.75) is 25.8 Å². The largest absolute Gasteiger partial charge is 0.271 e. The Morgan fingerprint density at radius 2 is 2.31 bits per heavy atom. The summed E-state index contributed by atoms with van der Waals surface area (Å²) in [6.45, 7) is 6.02. The van der Waals surface area contributed by atoms with Crippen LogP contribution in [0.3, 0.4) is 0 Å². The predicted octanol–water partition coefficient (Wildman–Crippen LogP) is 3.29. The molecular weight excluding hydrogens is 318 g/mol. The molecule has 0 saturated heterocycles. The van der Waals surface area contributed by atoms with Crippen LogP contribution in [-0.4, -0.2) is 0 Å². The molecule has 0 aliphatic heterocycles. The molecule has 0 aromatic heterocycles. The highest BCUT2D eigenvalue weighted by atomic mass is 127. The first kappa shape index (κ1) is 13.6. The van der Waals surface area contributed by atoms with Crippen molar-refractivity contribution in [1.82, 2.24) is 5.43 Å². The highest BCUT2D eigenvalue weighted by Gasteiger charge is 2.14. The quantitative estimate of drug-likeness (QED) is 0.375. The highest BCUT2D eigenvalue weighted by Crippen LogP contribution is 2.25. The van der Waals surface area contributed by atoms with Gasteiger partial charge in [0, 0.05) is 3.57 Å². The number of hydrogen-bond acceptors (Lipinski definition) is 2. The Kier molecular flexibility index (Phi) is 5.37. The van der Waals surface area contributed by atoms with Crippen molar-refractivity contribution in [2.24, 2.45) is 5.84 Å². The first-order valence-corrected chi connectivity index (χ1v) is 6.24. The fraction of sp³-hybridized carbons (Fsp3) is 0.333. The van der Waals surface area contributed by atoms with Crippen molar-refractivity contribution in [3.05, 3.63) is 45.3 Å². The Bertz CT molecular complexity index is 379. The minimum atomic E-state index is -0.224. The van der Waals surface area contributed by atoms with Crippen LogP contribution in [0, 0.1) is 9.39 Å². The fourth-order valence-electron chi connectivity index (χ4n) is 1.48. The van der Waals surface area contributed by atoms with Gasteiger partial charge in [0.15, 0.2) is 0 Å². The molecule has 0 radical (unpaired) electrons. The number of nitrogens with one attached hydrogen (secondary N) is 1. The summed E-state index contributed by atoms with van der Waals surface area (Å²) in [5.74, 6) is 5.30. The average Bonchev–Trinajstić information content (AvgIpc) is 2.26. The summed E-state index contributed by atoms with van der Waals surface area (Å²) in [5, 5.41) is 0. The van der Waals surface area contributed by atoms with Crippen LogP contribution in [0.15, 0.2) is 30.4 Å². The molecule has 1 unspecified atom stereocenters. The van der Waals surface area contributed by atoms with Gasteiger partial charge in [-0.05, 0) is 53.1 Å². The van der Waals surface area contributed by atoms with Crippen molar-refractivity contribution >= 4 is 22.6 Å². The van der Waals surface area contributed by atoms with Gasteiger partial charge in [0.25, 0.3) is 0 Å². The molecule has 0 amide bonds. The second-order valence-electron chi connectivity index (χ2n) is 3.69. The lowest BCUT2D eigenvalue weighted by Gasteiger charge is -2.18. The van der Waals surface area contributed by atoms with Crippen molar-refractivity contribution in [2.75, 3.05) is 0 Å². The molecule has 3 N–H and O–H groups in total. The van der Waals surface area contributed by atoms with E-state index in [0.29, 0.717) is 0 Å². The second kappa shape index (κ2) is 6.32. The van der Waals surface area contributed by atoms with Crippen LogP contribution in [-0.2, 0) is 0 Å². The molecule has 0 aliphatic carbocycles. The maximum atomic E-state index is 13.0. The van der Waals surface area contributed by atoms with Gasteiger partial charge in [0.1, 0.15) is 5.82 Å². The maximum absolute atomic E-state index is 13.0. The lowest BCUT2D eigenvalue weighted by molar-refractivity contribution is 0.540. The molecule has 0 bridgehead atoms. The average molecular weight is 334 g/mol. The second-order valence-corrected chi connectivity index (χ2v) is 4.85. The van der Waals surface area contributed by atoms with Gasteiger partial charge < -0.3 is 0 Å². The summed E-state index contributed by atoms with van der Waals surface area (Å²) in [4.78, 5) is 0. The smallest absolute Gasteiger partial charge is 0.124 e. The molecule has 0 heterocycles. The predicted molar refractivity (Wildman–Crippen MR) is 73.2 cm³/mol. The van der Waals surface area contributed by atoms with Crippen LogP contribution in [0.4, 0.5) is 4.39 Å². The molecule has 1 aromatic carbocycles. The number of hydrogen-bond donors (Lipinski definition) is 2. The van der Waals surface area contributed by atoms with Crippen LogP contribution >= 0.6 is 22.6 Å².